The maximum absolute atomic E-state index is 13.3. The number of amides is 2. The maximum Gasteiger partial charge on any atom is 0.258 e. The molecule has 2 heterocycles. The first-order valence-corrected chi connectivity index (χ1v) is 8.40. The van der Waals surface area contributed by atoms with Crippen molar-refractivity contribution in [2.24, 2.45) is 11.8 Å². The van der Waals surface area contributed by atoms with Crippen LogP contribution in [0.5, 0.6) is 0 Å². The molecule has 0 bridgehead atoms. The number of hydrogen-bond donors (Lipinski definition) is 2. The van der Waals surface area contributed by atoms with Crippen molar-refractivity contribution in [2.45, 2.75) is 37.3 Å². The fraction of sp³-hybridized carbons (Fsp3) is 0.500. The highest BCUT2D eigenvalue weighted by atomic mass is 16.3. The second-order valence-electron chi connectivity index (χ2n) is 7.01. The highest BCUT2D eigenvalue weighted by molar-refractivity contribution is 6.19. The number of nitrogens with one attached hydrogen (secondary N) is 1. The first kappa shape index (κ1) is 15.3. The molecule has 3 atom stereocenters. The van der Waals surface area contributed by atoms with Crippen LogP contribution in [0.2, 0.25) is 0 Å². The third-order valence-corrected chi connectivity index (χ3v) is 5.87. The molecule has 3 unspecified atom stereocenters. The van der Waals surface area contributed by atoms with Gasteiger partial charge in [0.1, 0.15) is 17.6 Å². The summed E-state index contributed by atoms with van der Waals surface area (Å²) in [4.78, 5) is 39.1. The summed E-state index contributed by atoms with van der Waals surface area (Å²) in [6, 6.07) is 7.15. The smallest absolute Gasteiger partial charge is 0.258 e. The highest BCUT2D eigenvalue weighted by Gasteiger charge is 2.64. The van der Waals surface area contributed by atoms with Crippen LogP contribution in [0.1, 0.15) is 36.0 Å². The molecule has 2 amide bonds. The Kier molecular flexibility index (Phi) is 3.28. The number of Topliss-reactive ketones (excluding diaryl/α,β-unsaturated/α-hetero) is 1. The fourth-order valence-electron chi connectivity index (χ4n) is 4.67. The molecule has 1 aromatic rings. The van der Waals surface area contributed by atoms with Crippen molar-refractivity contribution in [3.8, 4) is 0 Å². The van der Waals surface area contributed by atoms with E-state index in [1.807, 2.05) is 6.07 Å². The number of likely N-dealkylation sites (N-methyl/N-ethyl adjacent to an activating group) is 1. The topological polar surface area (TPSA) is 86.7 Å². The number of ketones is 1. The van der Waals surface area contributed by atoms with Gasteiger partial charge in [-0.1, -0.05) is 25.0 Å². The van der Waals surface area contributed by atoms with Crippen molar-refractivity contribution >= 4 is 23.3 Å². The Morgan fingerprint density at radius 2 is 1.79 bits per heavy atom. The first-order valence-electron chi connectivity index (χ1n) is 8.40. The third kappa shape index (κ3) is 1.77. The second kappa shape index (κ2) is 5.14. The normalized spacial score (nSPS) is 33.2. The molecule has 126 valence electrons. The molecule has 1 saturated heterocycles. The molecule has 1 aliphatic carbocycles. The van der Waals surface area contributed by atoms with Crippen molar-refractivity contribution in [3.05, 3.63) is 29.8 Å². The van der Waals surface area contributed by atoms with E-state index >= 15 is 0 Å². The molecule has 0 radical (unpaired) electrons. The number of carbonyl (C=O) groups excluding carboxylic acids is 3. The van der Waals surface area contributed by atoms with E-state index < -0.39 is 29.4 Å². The van der Waals surface area contributed by atoms with E-state index in [0.29, 0.717) is 11.3 Å². The standard InChI is InChI=1S/C18H20N2O4/c1-20-16(23)13(14(21)17(20)24)18(10-6-2-3-7-10)15(22)11-8-4-5-9-12(11)19-18/h4-5,8-10,13-14,19,21H,2-3,6-7H2,1H3. The van der Waals surface area contributed by atoms with Gasteiger partial charge in [-0.05, 0) is 30.9 Å². The molecule has 6 heteroatoms. The van der Waals surface area contributed by atoms with E-state index in [9.17, 15) is 19.5 Å². The first-order chi connectivity index (χ1) is 11.5. The van der Waals surface area contributed by atoms with Crippen LogP contribution in [-0.2, 0) is 9.59 Å². The molecule has 2 aliphatic heterocycles. The molecule has 3 aliphatic rings. The number of benzene rings is 1. The van der Waals surface area contributed by atoms with Gasteiger partial charge in [0.15, 0.2) is 5.78 Å². The number of imide groups is 1. The minimum absolute atomic E-state index is 0.0692. The summed E-state index contributed by atoms with van der Waals surface area (Å²) in [6.45, 7) is 0. The monoisotopic (exact) mass is 328 g/mol. The minimum atomic E-state index is -1.48. The summed E-state index contributed by atoms with van der Waals surface area (Å²) < 4.78 is 0. The molecule has 4 rings (SSSR count). The van der Waals surface area contributed by atoms with Gasteiger partial charge in [0, 0.05) is 18.3 Å². The van der Waals surface area contributed by atoms with Crippen LogP contribution in [0.4, 0.5) is 5.69 Å². The number of aliphatic hydroxyl groups excluding tert-OH is 1. The van der Waals surface area contributed by atoms with Crippen LogP contribution in [0.15, 0.2) is 24.3 Å². The van der Waals surface area contributed by atoms with Crippen molar-refractivity contribution < 1.29 is 19.5 Å². The van der Waals surface area contributed by atoms with E-state index in [1.165, 1.54) is 7.05 Å². The average molecular weight is 328 g/mol. The van der Waals surface area contributed by atoms with Gasteiger partial charge >= 0.3 is 0 Å². The summed E-state index contributed by atoms with van der Waals surface area (Å²) in [5.74, 6) is -2.43. The molecule has 2 fully saturated rings. The molecule has 0 aromatic heterocycles. The zero-order chi connectivity index (χ0) is 17.1. The van der Waals surface area contributed by atoms with Crippen molar-refractivity contribution in [3.63, 3.8) is 0 Å². The molecule has 2 N–H and O–H groups in total. The van der Waals surface area contributed by atoms with Crippen molar-refractivity contribution in [1.82, 2.24) is 4.90 Å². The largest absolute Gasteiger partial charge is 0.382 e. The van der Waals surface area contributed by atoms with Gasteiger partial charge in [-0.3, -0.25) is 19.3 Å². The third-order valence-electron chi connectivity index (χ3n) is 5.87. The summed E-state index contributed by atoms with van der Waals surface area (Å²) in [7, 11) is 1.36. The van der Waals surface area contributed by atoms with E-state index in [2.05, 4.69) is 5.32 Å². The van der Waals surface area contributed by atoms with E-state index in [-0.39, 0.29) is 11.7 Å². The molecule has 24 heavy (non-hydrogen) atoms. The SMILES string of the molecule is CN1C(=O)C(O)C(C2(C3CCCC3)Nc3ccccc3C2=O)C1=O. The van der Waals surface area contributed by atoms with Crippen LogP contribution in [0.3, 0.4) is 0 Å². The number of rotatable bonds is 2. The predicted octanol–water partition coefficient (Wildman–Crippen LogP) is 1.20. The summed E-state index contributed by atoms with van der Waals surface area (Å²) in [5, 5.41) is 13.8. The zero-order valence-corrected chi connectivity index (χ0v) is 13.5. The van der Waals surface area contributed by atoms with Crippen LogP contribution in [0.25, 0.3) is 0 Å². The number of fused-ring (bicyclic) bond motifs is 1. The minimum Gasteiger partial charge on any atom is -0.382 e. The molecular formula is C18H20N2O4. The van der Waals surface area contributed by atoms with E-state index in [1.54, 1.807) is 18.2 Å². The Bertz CT molecular complexity index is 740. The van der Waals surface area contributed by atoms with Crippen molar-refractivity contribution in [2.75, 3.05) is 12.4 Å². The fourth-order valence-corrected chi connectivity index (χ4v) is 4.67. The van der Waals surface area contributed by atoms with Crippen LogP contribution >= 0.6 is 0 Å². The molecule has 1 saturated carbocycles. The number of hydrogen-bond acceptors (Lipinski definition) is 5. The molecule has 6 nitrogen and oxygen atoms in total. The van der Waals surface area contributed by atoms with Crippen LogP contribution < -0.4 is 5.32 Å². The number of carbonyl (C=O) groups is 3. The van der Waals surface area contributed by atoms with Gasteiger partial charge in [0.2, 0.25) is 5.91 Å². The summed E-state index contributed by atoms with van der Waals surface area (Å²) in [6.07, 6.45) is 2.10. The lowest BCUT2D eigenvalue weighted by Gasteiger charge is -2.39. The zero-order valence-electron chi connectivity index (χ0n) is 13.5. The van der Waals surface area contributed by atoms with Gasteiger partial charge in [0.25, 0.3) is 5.91 Å². The van der Waals surface area contributed by atoms with E-state index in [0.717, 1.165) is 30.6 Å². The Morgan fingerprint density at radius 1 is 1.12 bits per heavy atom. The lowest BCUT2D eigenvalue weighted by Crippen LogP contribution is -2.59. The Balaban J connectivity index is 1.87. The number of nitrogens with zero attached hydrogens (tertiary/aromatic N) is 1. The van der Waals surface area contributed by atoms with Gasteiger partial charge in [-0.2, -0.15) is 0 Å². The number of aliphatic hydroxyl groups is 1. The molecule has 1 aromatic carbocycles. The van der Waals surface area contributed by atoms with Gasteiger partial charge in [0.05, 0.1) is 0 Å². The highest BCUT2D eigenvalue weighted by Crippen LogP contribution is 2.50. The average Bonchev–Trinajstić information content (AvgIpc) is 3.26. The molecule has 0 spiro atoms. The Morgan fingerprint density at radius 3 is 2.38 bits per heavy atom. The summed E-state index contributed by atoms with van der Waals surface area (Å²) >= 11 is 0. The van der Waals surface area contributed by atoms with Crippen molar-refractivity contribution in [1.29, 1.82) is 0 Å². The van der Waals surface area contributed by atoms with Crippen LogP contribution in [-0.4, -0.2) is 46.3 Å². The predicted molar refractivity (Wildman–Crippen MR) is 86.4 cm³/mol. The number of para-hydroxylation sites is 1. The maximum atomic E-state index is 13.3. The van der Waals surface area contributed by atoms with Gasteiger partial charge in [-0.25, -0.2) is 0 Å². The number of anilines is 1. The van der Waals surface area contributed by atoms with Crippen LogP contribution in [0, 0.1) is 11.8 Å². The Labute approximate surface area is 139 Å². The van der Waals surface area contributed by atoms with E-state index in [4.69, 9.17) is 0 Å². The lowest BCUT2D eigenvalue weighted by molar-refractivity contribution is -0.139. The second-order valence-corrected chi connectivity index (χ2v) is 7.01. The van der Waals surface area contributed by atoms with Gasteiger partial charge in [-0.15, -0.1) is 0 Å². The Hall–Kier alpha value is -2.21. The summed E-state index contributed by atoms with van der Waals surface area (Å²) in [5.41, 5.74) is -0.0142. The number of likely N-dealkylation sites (tertiary alicyclic amines) is 1. The lowest BCUT2D eigenvalue weighted by atomic mass is 9.69. The quantitative estimate of drug-likeness (QED) is 0.797. The van der Waals surface area contributed by atoms with Gasteiger partial charge < -0.3 is 10.4 Å². The molecular weight excluding hydrogens is 308 g/mol.